The van der Waals surface area contributed by atoms with Crippen molar-refractivity contribution in [2.24, 2.45) is 5.73 Å². The molecule has 172 valence electrons. The molecule has 32 heavy (non-hydrogen) atoms. The minimum absolute atomic E-state index is 0.00146. The van der Waals surface area contributed by atoms with Gasteiger partial charge in [-0.15, -0.1) is 0 Å². The number of Topliss-reactive ketones (excluding diaryl/α,β-unsaturated/α-hetero) is 1. The van der Waals surface area contributed by atoms with Gasteiger partial charge in [0.2, 0.25) is 12.2 Å². The van der Waals surface area contributed by atoms with Crippen LogP contribution in [0.15, 0.2) is 42.5 Å². The molecule has 0 radical (unpaired) electrons. The summed E-state index contributed by atoms with van der Waals surface area (Å²) in [5, 5.41) is 49.6. The molecule has 2 aromatic carbocycles. The SMILES string of the molecule is NC(=O)c1ccc(CCC(=O)c2c(O)cccc2O[C@@H]2O[C@H](CO)[C@@H](O)[C@H](O)[C@H]2O)cc1. The van der Waals surface area contributed by atoms with Crippen LogP contribution in [-0.4, -0.2) is 74.5 Å². The summed E-state index contributed by atoms with van der Waals surface area (Å²) in [6, 6.07) is 10.6. The lowest BCUT2D eigenvalue weighted by atomic mass is 9.99. The second kappa shape index (κ2) is 10.1. The second-order valence-corrected chi connectivity index (χ2v) is 7.45. The first-order valence-electron chi connectivity index (χ1n) is 9.94. The van der Waals surface area contributed by atoms with Crippen LogP contribution in [0, 0.1) is 0 Å². The molecular formula is C22H25NO9. The number of rotatable bonds is 8. The van der Waals surface area contributed by atoms with E-state index in [0.29, 0.717) is 12.0 Å². The number of aliphatic hydroxyl groups excluding tert-OH is 4. The van der Waals surface area contributed by atoms with Gasteiger partial charge in [-0.3, -0.25) is 9.59 Å². The van der Waals surface area contributed by atoms with Crippen molar-refractivity contribution in [2.75, 3.05) is 6.61 Å². The Morgan fingerprint density at radius 1 is 1.00 bits per heavy atom. The summed E-state index contributed by atoms with van der Waals surface area (Å²) in [6.07, 6.45) is -7.24. The molecule has 0 saturated carbocycles. The maximum absolute atomic E-state index is 12.8. The highest BCUT2D eigenvalue weighted by Crippen LogP contribution is 2.32. The normalized spacial score (nSPS) is 25.3. The van der Waals surface area contributed by atoms with Crippen molar-refractivity contribution < 1.29 is 44.6 Å². The summed E-state index contributed by atoms with van der Waals surface area (Å²) >= 11 is 0. The third kappa shape index (κ3) is 5.06. The van der Waals surface area contributed by atoms with Gasteiger partial charge in [0.15, 0.2) is 5.78 Å². The summed E-state index contributed by atoms with van der Waals surface area (Å²) in [5.41, 5.74) is 6.19. The molecule has 10 nitrogen and oxygen atoms in total. The van der Waals surface area contributed by atoms with Gasteiger partial charge in [-0.05, 0) is 36.2 Å². The Balaban J connectivity index is 1.75. The van der Waals surface area contributed by atoms with E-state index in [9.17, 15) is 35.1 Å². The number of aryl methyl sites for hydroxylation is 1. The molecule has 7 N–H and O–H groups in total. The predicted octanol–water partition coefficient (Wildman–Crippen LogP) is -0.515. The number of carbonyl (C=O) groups is 2. The number of aromatic hydroxyl groups is 1. The number of ketones is 1. The van der Waals surface area contributed by atoms with Crippen LogP contribution in [-0.2, 0) is 11.2 Å². The maximum atomic E-state index is 12.8. The van der Waals surface area contributed by atoms with Crippen LogP contribution in [0.25, 0.3) is 0 Å². The van der Waals surface area contributed by atoms with Crippen LogP contribution in [0.2, 0.25) is 0 Å². The molecule has 3 rings (SSSR count). The summed E-state index contributed by atoms with van der Waals surface area (Å²) < 4.78 is 10.9. The van der Waals surface area contributed by atoms with Gasteiger partial charge in [-0.2, -0.15) is 0 Å². The van der Waals surface area contributed by atoms with Gasteiger partial charge in [-0.25, -0.2) is 0 Å². The predicted molar refractivity (Wildman–Crippen MR) is 110 cm³/mol. The van der Waals surface area contributed by atoms with Crippen molar-refractivity contribution in [3.8, 4) is 11.5 Å². The minimum atomic E-state index is -1.66. The maximum Gasteiger partial charge on any atom is 0.248 e. The van der Waals surface area contributed by atoms with Gasteiger partial charge >= 0.3 is 0 Å². The Labute approximate surface area is 183 Å². The third-order valence-electron chi connectivity index (χ3n) is 5.25. The molecule has 0 spiro atoms. The zero-order valence-electron chi connectivity index (χ0n) is 17.0. The molecule has 0 unspecified atom stereocenters. The number of benzene rings is 2. The van der Waals surface area contributed by atoms with Crippen molar-refractivity contribution in [1.29, 1.82) is 0 Å². The molecular weight excluding hydrogens is 422 g/mol. The Kier molecular flexibility index (Phi) is 7.44. The first-order valence-corrected chi connectivity index (χ1v) is 9.94. The molecule has 1 amide bonds. The highest BCUT2D eigenvalue weighted by atomic mass is 16.7. The van der Waals surface area contributed by atoms with Crippen LogP contribution in [0.5, 0.6) is 11.5 Å². The topological polar surface area (TPSA) is 180 Å². The van der Waals surface area contributed by atoms with Gasteiger partial charge in [-0.1, -0.05) is 18.2 Å². The van der Waals surface area contributed by atoms with Crippen molar-refractivity contribution in [3.63, 3.8) is 0 Å². The van der Waals surface area contributed by atoms with Crippen molar-refractivity contribution in [1.82, 2.24) is 0 Å². The number of amides is 1. The van der Waals surface area contributed by atoms with E-state index in [-0.39, 0.29) is 23.5 Å². The molecule has 0 aliphatic carbocycles. The lowest BCUT2D eigenvalue weighted by Gasteiger charge is -2.39. The molecule has 1 fully saturated rings. The number of ether oxygens (including phenoxy) is 2. The smallest absolute Gasteiger partial charge is 0.248 e. The van der Waals surface area contributed by atoms with Gasteiger partial charge in [0.05, 0.1) is 6.61 Å². The summed E-state index contributed by atoms with van der Waals surface area (Å²) in [5.74, 6) is -1.46. The Morgan fingerprint density at radius 2 is 1.69 bits per heavy atom. The largest absolute Gasteiger partial charge is 0.507 e. The zero-order valence-corrected chi connectivity index (χ0v) is 17.0. The lowest BCUT2D eigenvalue weighted by molar-refractivity contribution is -0.277. The Morgan fingerprint density at radius 3 is 2.31 bits per heavy atom. The quantitative estimate of drug-likeness (QED) is 0.290. The number of hydrogen-bond acceptors (Lipinski definition) is 9. The molecule has 10 heteroatoms. The van der Waals surface area contributed by atoms with E-state index in [2.05, 4.69) is 0 Å². The first-order chi connectivity index (χ1) is 15.2. The lowest BCUT2D eigenvalue weighted by Crippen LogP contribution is -2.60. The van der Waals surface area contributed by atoms with Crippen molar-refractivity contribution in [2.45, 2.75) is 43.5 Å². The number of phenolic OH excluding ortho intramolecular Hbond substituents is 1. The third-order valence-corrected chi connectivity index (χ3v) is 5.25. The Bertz CT molecular complexity index is 960. The number of primary amides is 1. The van der Waals surface area contributed by atoms with E-state index in [1.54, 1.807) is 24.3 Å². The van der Waals surface area contributed by atoms with Gasteiger partial charge in [0, 0.05) is 12.0 Å². The van der Waals surface area contributed by atoms with E-state index >= 15 is 0 Å². The van der Waals surface area contributed by atoms with Crippen LogP contribution in [0.4, 0.5) is 0 Å². The molecule has 0 aromatic heterocycles. The first kappa shape index (κ1) is 23.6. The molecule has 1 aliphatic heterocycles. The number of phenols is 1. The summed E-state index contributed by atoms with van der Waals surface area (Å²) in [6.45, 7) is -0.634. The second-order valence-electron chi connectivity index (χ2n) is 7.45. The zero-order chi connectivity index (χ0) is 23.4. The van der Waals surface area contributed by atoms with Gasteiger partial charge in [0.1, 0.15) is 41.5 Å². The molecule has 2 aromatic rings. The van der Waals surface area contributed by atoms with Crippen LogP contribution < -0.4 is 10.5 Å². The van der Waals surface area contributed by atoms with E-state index in [0.717, 1.165) is 5.56 Å². The fourth-order valence-electron chi connectivity index (χ4n) is 3.41. The van der Waals surface area contributed by atoms with Crippen LogP contribution in [0.1, 0.15) is 32.7 Å². The highest BCUT2D eigenvalue weighted by Gasteiger charge is 2.45. The number of nitrogens with two attached hydrogens (primary N) is 1. The summed E-state index contributed by atoms with van der Waals surface area (Å²) in [7, 11) is 0. The molecule has 0 bridgehead atoms. The monoisotopic (exact) mass is 447 g/mol. The van der Waals surface area contributed by atoms with E-state index in [4.69, 9.17) is 15.2 Å². The summed E-state index contributed by atoms with van der Waals surface area (Å²) in [4.78, 5) is 24.0. The van der Waals surface area contributed by atoms with Gasteiger partial charge < -0.3 is 40.7 Å². The molecule has 1 heterocycles. The molecule has 1 aliphatic rings. The highest BCUT2D eigenvalue weighted by molar-refractivity contribution is 6.01. The van der Waals surface area contributed by atoms with E-state index < -0.39 is 49.0 Å². The van der Waals surface area contributed by atoms with Gasteiger partial charge in [0.25, 0.3) is 0 Å². The number of carbonyl (C=O) groups excluding carboxylic acids is 2. The fourth-order valence-corrected chi connectivity index (χ4v) is 3.41. The van der Waals surface area contributed by atoms with Crippen molar-refractivity contribution in [3.05, 3.63) is 59.2 Å². The van der Waals surface area contributed by atoms with Crippen molar-refractivity contribution >= 4 is 11.7 Å². The molecule has 1 saturated heterocycles. The standard InChI is InChI=1S/C22H25NO9/c23-21(30)12-7-4-11(5-8-12)6-9-14(26)17-13(25)2-1-3-15(17)31-22-20(29)19(28)18(27)16(10-24)32-22/h1-5,7-8,16,18-20,22,24-25,27-29H,6,9-10H2,(H2,23,30)/t16-,18-,19+,20-,22-/m1/s1. The fraction of sp³-hybridized carbons (Fsp3) is 0.364. The minimum Gasteiger partial charge on any atom is -0.507 e. The average molecular weight is 447 g/mol. The van der Waals surface area contributed by atoms with Crippen LogP contribution in [0.3, 0.4) is 0 Å². The van der Waals surface area contributed by atoms with Crippen LogP contribution >= 0.6 is 0 Å². The van der Waals surface area contributed by atoms with E-state index in [1.165, 1.54) is 18.2 Å². The number of hydrogen-bond donors (Lipinski definition) is 6. The number of aliphatic hydroxyl groups is 4. The Hall–Kier alpha value is -3.02. The molecule has 5 atom stereocenters. The van der Waals surface area contributed by atoms with E-state index in [1.807, 2.05) is 0 Å². The average Bonchev–Trinajstić information content (AvgIpc) is 2.78.